The minimum Gasteiger partial charge on any atom is -0.378 e. The number of hydrogen-bond donors (Lipinski definition) is 1. The van der Waals surface area contributed by atoms with E-state index < -0.39 is 5.54 Å². The van der Waals surface area contributed by atoms with E-state index in [9.17, 15) is 4.79 Å². The maximum absolute atomic E-state index is 12.6. The zero-order chi connectivity index (χ0) is 14.0. The molecule has 1 amide bonds. The topological polar surface area (TPSA) is 55.6 Å². The summed E-state index contributed by atoms with van der Waals surface area (Å²) in [5.41, 5.74) is 5.32. The van der Waals surface area contributed by atoms with E-state index in [1.807, 2.05) is 32.6 Å². The molecular weight excluding hydrogens is 264 g/mol. The van der Waals surface area contributed by atoms with Gasteiger partial charge in [-0.1, -0.05) is 20.8 Å². The standard InChI is InChI=1S/C14H28N2O2.ClH/c1-6-9-16(7-2)12(17)14(15)10-11(18-8-3)13(14,4)5;/h11H,6-10,15H2,1-5H3;1H. The molecule has 0 aromatic rings. The van der Waals surface area contributed by atoms with Crippen molar-refractivity contribution >= 4 is 18.3 Å². The highest BCUT2D eigenvalue weighted by atomic mass is 35.5. The molecule has 0 radical (unpaired) electrons. The van der Waals surface area contributed by atoms with Gasteiger partial charge in [-0.25, -0.2) is 0 Å². The largest absolute Gasteiger partial charge is 0.378 e. The Bertz CT molecular complexity index is 310. The SMILES string of the molecule is CCCN(CC)C(=O)C1(N)CC(OCC)C1(C)C.Cl. The molecule has 2 atom stereocenters. The quantitative estimate of drug-likeness (QED) is 0.816. The highest BCUT2D eigenvalue weighted by Crippen LogP contribution is 2.50. The molecule has 1 aliphatic rings. The summed E-state index contributed by atoms with van der Waals surface area (Å²) in [6, 6.07) is 0. The molecule has 0 aliphatic heterocycles. The van der Waals surface area contributed by atoms with Crippen molar-refractivity contribution in [2.75, 3.05) is 19.7 Å². The molecule has 0 aromatic carbocycles. The first-order valence-corrected chi connectivity index (χ1v) is 7.05. The summed E-state index contributed by atoms with van der Waals surface area (Å²) in [7, 11) is 0. The fraction of sp³-hybridized carbons (Fsp3) is 0.929. The van der Waals surface area contributed by atoms with E-state index in [1.54, 1.807) is 0 Å². The first-order chi connectivity index (χ1) is 8.35. The third-order valence-electron chi connectivity index (χ3n) is 4.37. The van der Waals surface area contributed by atoms with Crippen LogP contribution in [-0.2, 0) is 9.53 Å². The lowest BCUT2D eigenvalue weighted by molar-refractivity contribution is -0.179. The molecule has 2 N–H and O–H groups in total. The molecule has 0 aromatic heterocycles. The number of rotatable bonds is 6. The fourth-order valence-corrected chi connectivity index (χ4v) is 2.75. The number of nitrogens with two attached hydrogens (primary N) is 1. The van der Waals surface area contributed by atoms with Crippen molar-refractivity contribution in [2.24, 2.45) is 11.1 Å². The average molecular weight is 293 g/mol. The molecular formula is C14H29ClN2O2. The number of nitrogens with zero attached hydrogens (tertiary/aromatic N) is 1. The number of halogens is 1. The van der Waals surface area contributed by atoms with Crippen LogP contribution in [0.3, 0.4) is 0 Å². The molecule has 2 unspecified atom stereocenters. The summed E-state index contributed by atoms with van der Waals surface area (Å²) in [6.45, 7) is 12.3. The molecule has 19 heavy (non-hydrogen) atoms. The molecule has 0 bridgehead atoms. The maximum atomic E-state index is 12.6. The summed E-state index contributed by atoms with van der Waals surface area (Å²) >= 11 is 0. The second-order valence-electron chi connectivity index (χ2n) is 5.73. The van der Waals surface area contributed by atoms with Gasteiger partial charge in [-0.05, 0) is 20.3 Å². The Hall–Kier alpha value is -0.320. The second-order valence-corrected chi connectivity index (χ2v) is 5.73. The Kier molecular flexibility index (Phi) is 6.79. The highest BCUT2D eigenvalue weighted by Gasteiger charge is 2.63. The molecule has 1 aliphatic carbocycles. The molecule has 4 nitrogen and oxygen atoms in total. The van der Waals surface area contributed by atoms with Crippen molar-refractivity contribution in [3.63, 3.8) is 0 Å². The minimum absolute atomic E-state index is 0. The molecule has 0 heterocycles. The summed E-state index contributed by atoms with van der Waals surface area (Å²) in [4.78, 5) is 14.4. The van der Waals surface area contributed by atoms with E-state index in [2.05, 4.69) is 6.92 Å². The van der Waals surface area contributed by atoms with Gasteiger partial charge in [-0.3, -0.25) is 4.79 Å². The summed E-state index contributed by atoms with van der Waals surface area (Å²) in [6.07, 6.45) is 1.69. The van der Waals surface area contributed by atoms with Crippen molar-refractivity contribution < 1.29 is 9.53 Å². The molecule has 1 fully saturated rings. The molecule has 5 heteroatoms. The first-order valence-electron chi connectivity index (χ1n) is 7.05. The summed E-state index contributed by atoms with van der Waals surface area (Å²) < 4.78 is 5.66. The van der Waals surface area contributed by atoms with E-state index in [4.69, 9.17) is 10.5 Å². The normalized spacial score (nSPS) is 28.2. The average Bonchev–Trinajstić information content (AvgIpc) is 2.34. The van der Waals surface area contributed by atoms with Crippen LogP contribution in [0.1, 0.15) is 47.5 Å². The lowest BCUT2D eigenvalue weighted by Crippen LogP contribution is -2.76. The Morgan fingerprint density at radius 1 is 1.37 bits per heavy atom. The van der Waals surface area contributed by atoms with E-state index in [0.717, 1.165) is 19.5 Å². The predicted octanol–water partition coefficient (Wildman–Crippen LogP) is 2.20. The zero-order valence-electron chi connectivity index (χ0n) is 12.9. The maximum Gasteiger partial charge on any atom is 0.243 e. The Morgan fingerprint density at radius 3 is 2.32 bits per heavy atom. The van der Waals surface area contributed by atoms with Crippen LogP contribution in [0.5, 0.6) is 0 Å². The van der Waals surface area contributed by atoms with E-state index in [1.165, 1.54) is 0 Å². The van der Waals surface area contributed by atoms with E-state index >= 15 is 0 Å². The number of likely N-dealkylation sites (N-methyl/N-ethyl adjacent to an activating group) is 1. The number of amides is 1. The lowest BCUT2D eigenvalue weighted by Gasteiger charge is -2.58. The Balaban J connectivity index is 0.00000324. The minimum atomic E-state index is -0.766. The monoisotopic (exact) mass is 292 g/mol. The summed E-state index contributed by atoms with van der Waals surface area (Å²) in [5.74, 6) is 0.0767. The zero-order valence-corrected chi connectivity index (χ0v) is 13.7. The van der Waals surface area contributed by atoms with Gasteiger partial charge in [0.05, 0.1) is 6.10 Å². The molecule has 114 valence electrons. The van der Waals surface area contributed by atoms with Crippen LogP contribution < -0.4 is 5.73 Å². The van der Waals surface area contributed by atoms with Crippen molar-refractivity contribution in [2.45, 2.75) is 59.1 Å². The van der Waals surface area contributed by atoms with Crippen molar-refractivity contribution in [1.29, 1.82) is 0 Å². The third-order valence-corrected chi connectivity index (χ3v) is 4.37. The van der Waals surface area contributed by atoms with Crippen molar-refractivity contribution in [3.05, 3.63) is 0 Å². The molecule has 0 saturated heterocycles. The number of carbonyl (C=O) groups excluding carboxylic acids is 1. The van der Waals surface area contributed by atoms with Gasteiger partial charge in [0.2, 0.25) is 5.91 Å². The lowest BCUT2D eigenvalue weighted by atomic mass is 9.54. The fourth-order valence-electron chi connectivity index (χ4n) is 2.75. The van der Waals surface area contributed by atoms with Gasteiger partial charge in [0, 0.05) is 31.5 Å². The Morgan fingerprint density at radius 2 is 1.95 bits per heavy atom. The van der Waals surface area contributed by atoms with Gasteiger partial charge >= 0.3 is 0 Å². The molecule has 1 saturated carbocycles. The number of hydrogen-bond acceptors (Lipinski definition) is 3. The highest BCUT2D eigenvalue weighted by molar-refractivity contribution is 5.88. The van der Waals surface area contributed by atoms with Crippen molar-refractivity contribution in [1.82, 2.24) is 4.90 Å². The first kappa shape index (κ1) is 18.7. The van der Waals surface area contributed by atoms with Crippen LogP contribution >= 0.6 is 12.4 Å². The third kappa shape index (κ3) is 3.06. The van der Waals surface area contributed by atoms with Gasteiger partial charge in [0.15, 0.2) is 0 Å². The van der Waals surface area contributed by atoms with Crippen LogP contribution in [0.2, 0.25) is 0 Å². The van der Waals surface area contributed by atoms with E-state index in [-0.39, 0.29) is 29.8 Å². The van der Waals surface area contributed by atoms with Crippen molar-refractivity contribution in [3.8, 4) is 0 Å². The van der Waals surface area contributed by atoms with E-state index in [0.29, 0.717) is 13.0 Å². The van der Waals surface area contributed by atoms with Crippen LogP contribution in [0.15, 0.2) is 0 Å². The number of ether oxygens (including phenoxy) is 1. The number of carbonyl (C=O) groups is 1. The van der Waals surface area contributed by atoms with Gasteiger partial charge in [0.25, 0.3) is 0 Å². The van der Waals surface area contributed by atoms with Crippen LogP contribution in [0, 0.1) is 5.41 Å². The smallest absolute Gasteiger partial charge is 0.243 e. The Labute approximate surface area is 123 Å². The van der Waals surface area contributed by atoms with Crippen LogP contribution in [0.25, 0.3) is 0 Å². The van der Waals surface area contributed by atoms with Gasteiger partial charge < -0.3 is 15.4 Å². The van der Waals surface area contributed by atoms with Gasteiger partial charge in [-0.15, -0.1) is 12.4 Å². The second kappa shape index (κ2) is 6.91. The van der Waals surface area contributed by atoms with Crippen LogP contribution in [0.4, 0.5) is 0 Å². The van der Waals surface area contributed by atoms with Gasteiger partial charge in [-0.2, -0.15) is 0 Å². The molecule has 1 rings (SSSR count). The predicted molar refractivity (Wildman–Crippen MR) is 80.5 cm³/mol. The molecule has 0 spiro atoms. The summed E-state index contributed by atoms with van der Waals surface area (Å²) in [5, 5.41) is 0. The van der Waals surface area contributed by atoms with Gasteiger partial charge in [0.1, 0.15) is 5.54 Å². The van der Waals surface area contributed by atoms with Crippen LogP contribution in [-0.4, -0.2) is 42.1 Å².